The van der Waals surface area contributed by atoms with Crippen molar-refractivity contribution in [1.29, 1.82) is 0 Å². The van der Waals surface area contributed by atoms with E-state index in [1.54, 1.807) is 26.0 Å². The minimum Gasteiger partial charge on any atom is -0.456 e. The van der Waals surface area contributed by atoms with Gasteiger partial charge in [0.1, 0.15) is 22.9 Å². The maximum Gasteiger partial charge on any atom is 0.329 e. The number of hydrogen-bond acceptors (Lipinski definition) is 7. The van der Waals surface area contributed by atoms with Crippen molar-refractivity contribution < 1.29 is 23.3 Å². The number of hydrogen-bond donors (Lipinski definition) is 1. The standard InChI is InChI=1S/C18H21Cl2N2O6P/c1-5-18(2,28-29(4,25)26-3)21-15-11-13(7-8-16(15)22(23)24)27-17-9-6-12(19)10-14(17)20/h6-11,21H,5H2,1-4H3. The first kappa shape index (κ1) is 23.4. The first-order valence-corrected chi connectivity index (χ1v) is 11.3. The Morgan fingerprint density at radius 1 is 1.24 bits per heavy atom. The third-order valence-corrected chi connectivity index (χ3v) is 5.99. The number of nitrogens with zero attached hydrogens (tertiary/aromatic N) is 1. The molecule has 0 fully saturated rings. The molecule has 0 aliphatic carbocycles. The third-order valence-electron chi connectivity index (χ3n) is 4.06. The van der Waals surface area contributed by atoms with E-state index in [2.05, 4.69) is 5.32 Å². The van der Waals surface area contributed by atoms with E-state index in [-0.39, 0.29) is 11.4 Å². The lowest BCUT2D eigenvalue weighted by molar-refractivity contribution is -0.384. The maximum absolute atomic E-state index is 12.3. The second-order valence-corrected chi connectivity index (χ2v) is 9.30. The molecule has 0 aliphatic rings. The van der Waals surface area contributed by atoms with Gasteiger partial charge in [0, 0.05) is 30.9 Å². The molecule has 0 aromatic heterocycles. The van der Waals surface area contributed by atoms with Gasteiger partial charge in [0.25, 0.3) is 5.69 Å². The number of rotatable bonds is 9. The van der Waals surface area contributed by atoms with Gasteiger partial charge in [-0.2, -0.15) is 0 Å². The van der Waals surface area contributed by atoms with Gasteiger partial charge >= 0.3 is 7.60 Å². The Kier molecular flexibility index (Phi) is 7.54. The zero-order valence-electron chi connectivity index (χ0n) is 16.3. The number of halogens is 2. The van der Waals surface area contributed by atoms with Crippen LogP contribution in [0.4, 0.5) is 11.4 Å². The van der Waals surface area contributed by atoms with Gasteiger partial charge in [-0.25, -0.2) is 0 Å². The number of anilines is 1. The minimum absolute atomic E-state index is 0.123. The highest BCUT2D eigenvalue weighted by Crippen LogP contribution is 2.48. The summed E-state index contributed by atoms with van der Waals surface area (Å²) in [6.45, 7) is 4.72. The molecule has 0 bridgehead atoms. The van der Waals surface area contributed by atoms with Gasteiger partial charge in [0.2, 0.25) is 0 Å². The summed E-state index contributed by atoms with van der Waals surface area (Å²) in [5.41, 5.74) is -1.27. The summed E-state index contributed by atoms with van der Waals surface area (Å²) in [7, 11) is -2.09. The quantitative estimate of drug-likeness (QED) is 0.191. The molecule has 2 atom stereocenters. The molecule has 0 saturated carbocycles. The maximum atomic E-state index is 12.3. The fourth-order valence-electron chi connectivity index (χ4n) is 2.39. The van der Waals surface area contributed by atoms with Crippen molar-refractivity contribution >= 4 is 42.2 Å². The molecule has 158 valence electrons. The smallest absolute Gasteiger partial charge is 0.329 e. The lowest BCUT2D eigenvalue weighted by Crippen LogP contribution is -2.36. The average molecular weight is 463 g/mol. The fraction of sp³-hybridized carbons (Fsp3) is 0.333. The topological polar surface area (TPSA) is 99.9 Å². The summed E-state index contributed by atoms with van der Waals surface area (Å²) in [5.74, 6) is 0.634. The highest BCUT2D eigenvalue weighted by Gasteiger charge is 2.33. The van der Waals surface area contributed by atoms with Gasteiger partial charge in [-0.05, 0) is 37.6 Å². The summed E-state index contributed by atoms with van der Waals surface area (Å²) in [4.78, 5) is 10.9. The molecule has 8 nitrogen and oxygen atoms in total. The SMILES string of the molecule is CCC(C)(Nc1cc(Oc2ccc(Cl)cc2Cl)ccc1[N+](=O)[O-])OP(C)(=O)OC. The van der Waals surface area contributed by atoms with Gasteiger partial charge in [-0.3, -0.25) is 19.2 Å². The molecular weight excluding hydrogens is 442 g/mol. The van der Waals surface area contributed by atoms with E-state index in [1.807, 2.05) is 0 Å². The molecular formula is C18H21Cl2N2O6P. The van der Waals surface area contributed by atoms with Crippen molar-refractivity contribution in [3.05, 3.63) is 56.6 Å². The van der Waals surface area contributed by atoms with Gasteiger partial charge in [0.05, 0.1) is 9.95 Å². The van der Waals surface area contributed by atoms with Crippen molar-refractivity contribution in [2.24, 2.45) is 0 Å². The Morgan fingerprint density at radius 2 is 1.93 bits per heavy atom. The molecule has 1 N–H and O–H groups in total. The van der Waals surface area contributed by atoms with Gasteiger partial charge in [0.15, 0.2) is 0 Å². The number of nitro benzene ring substituents is 1. The summed E-state index contributed by atoms with van der Waals surface area (Å²) in [5, 5.41) is 15.2. The third kappa shape index (κ3) is 6.32. The highest BCUT2D eigenvalue weighted by atomic mass is 35.5. The van der Waals surface area contributed by atoms with Crippen LogP contribution in [0.1, 0.15) is 20.3 Å². The lowest BCUT2D eigenvalue weighted by Gasteiger charge is -2.32. The molecule has 0 amide bonds. The predicted molar refractivity (Wildman–Crippen MR) is 114 cm³/mol. The normalized spacial score (nSPS) is 15.2. The average Bonchev–Trinajstić information content (AvgIpc) is 2.63. The van der Waals surface area contributed by atoms with Crippen LogP contribution in [0.3, 0.4) is 0 Å². The Morgan fingerprint density at radius 3 is 2.48 bits per heavy atom. The summed E-state index contributed by atoms with van der Waals surface area (Å²) in [6, 6.07) is 8.89. The Labute approximate surface area is 178 Å². The van der Waals surface area contributed by atoms with Gasteiger partial charge in [-0.15, -0.1) is 0 Å². The van der Waals surface area contributed by atoms with E-state index < -0.39 is 18.2 Å². The molecule has 0 heterocycles. The van der Waals surface area contributed by atoms with Crippen LogP contribution in [0.15, 0.2) is 36.4 Å². The minimum atomic E-state index is -3.36. The van der Waals surface area contributed by atoms with Crippen molar-refractivity contribution in [3.8, 4) is 11.5 Å². The summed E-state index contributed by atoms with van der Waals surface area (Å²) < 4.78 is 28.5. The van der Waals surface area contributed by atoms with Crippen molar-refractivity contribution in [1.82, 2.24) is 0 Å². The van der Waals surface area contributed by atoms with Crippen molar-refractivity contribution in [3.63, 3.8) is 0 Å². The second-order valence-electron chi connectivity index (χ2n) is 6.37. The van der Waals surface area contributed by atoms with Crippen LogP contribution in [-0.2, 0) is 13.6 Å². The first-order valence-electron chi connectivity index (χ1n) is 8.52. The molecule has 11 heteroatoms. The van der Waals surface area contributed by atoms with E-state index in [1.165, 1.54) is 38.0 Å². The number of benzene rings is 2. The number of nitrogens with one attached hydrogen (secondary N) is 1. The van der Waals surface area contributed by atoms with Gasteiger partial charge in [-0.1, -0.05) is 30.1 Å². The Hall–Kier alpha value is -1.83. The molecule has 0 aliphatic heterocycles. The van der Waals surface area contributed by atoms with E-state index in [9.17, 15) is 14.7 Å². The van der Waals surface area contributed by atoms with Crippen molar-refractivity contribution in [2.45, 2.75) is 26.0 Å². The van der Waals surface area contributed by atoms with Crippen LogP contribution < -0.4 is 10.1 Å². The van der Waals surface area contributed by atoms with Gasteiger partial charge < -0.3 is 14.6 Å². The highest BCUT2D eigenvalue weighted by molar-refractivity contribution is 7.53. The summed E-state index contributed by atoms with van der Waals surface area (Å²) in [6.07, 6.45) is 0.347. The molecule has 2 unspecified atom stereocenters. The predicted octanol–water partition coefficient (Wildman–Crippen LogP) is 6.72. The molecule has 2 aromatic rings. The van der Waals surface area contributed by atoms with Crippen LogP contribution in [0.25, 0.3) is 0 Å². The molecule has 2 aromatic carbocycles. The molecule has 29 heavy (non-hydrogen) atoms. The van der Waals surface area contributed by atoms with Crippen LogP contribution >= 0.6 is 30.8 Å². The molecule has 0 spiro atoms. The van der Waals surface area contributed by atoms with Crippen LogP contribution in [0, 0.1) is 10.1 Å². The molecule has 0 saturated heterocycles. The monoisotopic (exact) mass is 462 g/mol. The molecule has 2 rings (SSSR count). The number of ether oxygens (including phenoxy) is 1. The number of nitro groups is 1. The van der Waals surface area contributed by atoms with Crippen LogP contribution in [-0.4, -0.2) is 24.4 Å². The van der Waals surface area contributed by atoms with E-state index in [0.717, 1.165) is 0 Å². The first-order chi connectivity index (χ1) is 13.5. The van der Waals surface area contributed by atoms with E-state index >= 15 is 0 Å². The van der Waals surface area contributed by atoms with E-state index in [0.29, 0.717) is 28.0 Å². The van der Waals surface area contributed by atoms with E-state index in [4.69, 9.17) is 37.0 Å². The zero-order chi connectivity index (χ0) is 21.8. The Bertz CT molecular complexity index is 958. The fourth-order valence-corrected chi connectivity index (χ4v) is 3.82. The van der Waals surface area contributed by atoms with Crippen LogP contribution in [0.2, 0.25) is 10.0 Å². The zero-order valence-corrected chi connectivity index (χ0v) is 18.7. The van der Waals surface area contributed by atoms with Crippen molar-refractivity contribution in [2.75, 3.05) is 19.1 Å². The second kappa shape index (κ2) is 9.32. The Balaban J connectivity index is 2.39. The largest absolute Gasteiger partial charge is 0.456 e. The summed E-state index contributed by atoms with van der Waals surface area (Å²) >= 11 is 12.0. The lowest BCUT2D eigenvalue weighted by atomic mass is 10.1. The van der Waals surface area contributed by atoms with Crippen LogP contribution in [0.5, 0.6) is 11.5 Å². The molecule has 0 radical (unpaired) electrons.